The van der Waals surface area contributed by atoms with Crippen molar-refractivity contribution < 1.29 is 14.7 Å². The minimum Gasteiger partial charge on any atom is -0.480 e. The summed E-state index contributed by atoms with van der Waals surface area (Å²) in [5, 5.41) is 9.80. The fourth-order valence-electron chi connectivity index (χ4n) is 3.47. The van der Waals surface area contributed by atoms with E-state index in [4.69, 9.17) is 0 Å². The Morgan fingerprint density at radius 2 is 1.95 bits per heavy atom. The van der Waals surface area contributed by atoms with Crippen LogP contribution >= 0.6 is 0 Å². The first-order chi connectivity index (χ1) is 9.63. The average molecular weight is 274 g/mol. The van der Waals surface area contributed by atoms with E-state index >= 15 is 0 Å². The maximum Gasteiger partial charge on any atom is 0.317 e. The molecule has 1 N–H and O–H groups in total. The summed E-state index contributed by atoms with van der Waals surface area (Å²) in [6.45, 7) is 1.92. The van der Waals surface area contributed by atoms with Crippen molar-refractivity contribution in [1.29, 1.82) is 0 Å². The summed E-state index contributed by atoms with van der Waals surface area (Å²) in [7, 11) is 0. The molecule has 0 aliphatic heterocycles. The predicted molar refractivity (Wildman–Crippen MR) is 77.6 cm³/mol. The fraction of sp³-hybridized carbons (Fsp3) is 0.529. The SMILES string of the molecule is CCCC(=O)C1(C(=O)O)CCCCC1c1ccccc1. The molecule has 108 valence electrons. The summed E-state index contributed by atoms with van der Waals surface area (Å²) in [6, 6.07) is 9.66. The highest BCUT2D eigenvalue weighted by atomic mass is 16.4. The highest BCUT2D eigenvalue weighted by molar-refractivity contribution is 6.04. The molecule has 1 aromatic rings. The van der Waals surface area contributed by atoms with Gasteiger partial charge in [-0.3, -0.25) is 9.59 Å². The third-order valence-corrected chi connectivity index (χ3v) is 4.47. The van der Waals surface area contributed by atoms with E-state index in [9.17, 15) is 14.7 Å². The van der Waals surface area contributed by atoms with Crippen molar-refractivity contribution in [2.24, 2.45) is 5.41 Å². The van der Waals surface area contributed by atoms with Gasteiger partial charge in [-0.15, -0.1) is 0 Å². The van der Waals surface area contributed by atoms with Crippen LogP contribution in [-0.4, -0.2) is 16.9 Å². The minimum atomic E-state index is -1.21. The summed E-state index contributed by atoms with van der Waals surface area (Å²) in [4.78, 5) is 24.5. The molecule has 0 aromatic heterocycles. The summed E-state index contributed by atoms with van der Waals surface area (Å²) < 4.78 is 0. The van der Waals surface area contributed by atoms with Gasteiger partial charge >= 0.3 is 5.97 Å². The lowest BCUT2D eigenvalue weighted by Gasteiger charge is -2.40. The Morgan fingerprint density at radius 3 is 2.55 bits per heavy atom. The number of aliphatic carboxylic acids is 1. The molecule has 0 amide bonds. The largest absolute Gasteiger partial charge is 0.480 e. The van der Waals surface area contributed by atoms with Crippen molar-refractivity contribution in [2.45, 2.75) is 51.4 Å². The normalized spacial score (nSPS) is 26.1. The van der Waals surface area contributed by atoms with Crippen molar-refractivity contribution in [3.63, 3.8) is 0 Å². The first-order valence-corrected chi connectivity index (χ1v) is 7.44. The van der Waals surface area contributed by atoms with E-state index in [0.29, 0.717) is 19.3 Å². The molecule has 0 bridgehead atoms. The van der Waals surface area contributed by atoms with Crippen LogP contribution in [-0.2, 0) is 9.59 Å². The van der Waals surface area contributed by atoms with E-state index < -0.39 is 11.4 Å². The maximum atomic E-state index is 12.6. The maximum absolute atomic E-state index is 12.6. The average Bonchev–Trinajstić information content (AvgIpc) is 2.48. The Hall–Kier alpha value is -1.64. The van der Waals surface area contributed by atoms with Gasteiger partial charge in [-0.25, -0.2) is 0 Å². The van der Waals surface area contributed by atoms with Crippen LogP contribution in [0.4, 0.5) is 0 Å². The van der Waals surface area contributed by atoms with Crippen molar-refractivity contribution in [3.05, 3.63) is 35.9 Å². The van der Waals surface area contributed by atoms with Crippen molar-refractivity contribution in [3.8, 4) is 0 Å². The van der Waals surface area contributed by atoms with Crippen LogP contribution in [0.2, 0.25) is 0 Å². The Bertz CT molecular complexity index is 480. The van der Waals surface area contributed by atoms with Crippen LogP contribution < -0.4 is 0 Å². The lowest BCUT2D eigenvalue weighted by Crippen LogP contribution is -2.46. The first-order valence-electron chi connectivity index (χ1n) is 7.44. The van der Waals surface area contributed by atoms with Gasteiger partial charge in [0.05, 0.1) is 0 Å². The van der Waals surface area contributed by atoms with Crippen molar-refractivity contribution in [1.82, 2.24) is 0 Å². The summed E-state index contributed by atoms with van der Waals surface area (Å²) in [5.41, 5.74) is -0.227. The highest BCUT2D eigenvalue weighted by Crippen LogP contribution is 2.49. The quantitative estimate of drug-likeness (QED) is 0.831. The fourth-order valence-corrected chi connectivity index (χ4v) is 3.47. The molecule has 0 saturated heterocycles. The lowest BCUT2D eigenvalue weighted by molar-refractivity contribution is -0.159. The molecule has 1 fully saturated rings. The van der Waals surface area contributed by atoms with E-state index in [1.807, 2.05) is 37.3 Å². The van der Waals surface area contributed by atoms with Gasteiger partial charge in [-0.05, 0) is 24.8 Å². The Kier molecular flexibility index (Phi) is 4.58. The molecule has 2 atom stereocenters. The number of carboxylic acid groups (broad SMARTS) is 1. The lowest BCUT2D eigenvalue weighted by atomic mass is 9.61. The zero-order chi connectivity index (χ0) is 14.6. The number of benzene rings is 1. The van der Waals surface area contributed by atoms with Crippen LogP contribution in [0.3, 0.4) is 0 Å². The van der Waals surface area contributed by atoms with Gasteiger partial charge in [0, 0.05) is 12.3 Å². The third kappa shape index (κ3) is 2.49. The Labute approximate surface area is 120 Å². The molecule has 1 aliphatic carbocycles. The second-order valence-corrected chi connectivity index (χ2v) is 5.66. The van der Waals surface area contributed by atoms with E-state index in [2.05, 4.69) is 0 Å². The van der Waals surface area contributed by atoms with Gasteiger partial charge in [0.1, 0.15) is 5.41 Å². The topological polar surface area (TPSA) is 54.4 Å². The summed E-state index contributed by atoms with van der Waals surface area (Å²) in [6.07, 6.45) is 4.14. The number of carbonyl (C=O) groups excluding carboxylic acids is 1. The van der Waals surface area contributed by atoms with Crippen LogP contribution in [0, 0.1) is 5.41 Å². The van der Waals surface area contributed by atoms with Gasteiger partial charge in [-0.2, -0.15) is 0 Å². The van der Waals surface area contributed by atoms with Crippen LogP contribution in [0.5, 0.6) is 0 Å². The smallest absolute Gasteiger partial charge is 0.317 e. The summed E-state index contributed by atoms with van der Waals surface area (Å²) >= 11 is 0. The zero-order valence-corrected chi connectivity index (χ0v) is 12.0. The number of carbonyl (C=O) groups is 2. The minimum absolute atomic E-state index is 0.0962. The molecule has 2 unspecified atom stereocenters. The standard InChI is InChI=1S/C17H22O3/c1-2-8-15(18)17(16(19)20)12-7-6-11-14(17)13-9-4-3-5-10-13/h3-5,9-10,14H,2,6-8,11-12H2,1H3,(H,19,20). The first kappa shape index (κ1) is 14.8. The molecule has 0 heterocycles. The molecule has 2 rings (SSSR count). The van der Waals surface area contributed by atoms with Crippen LogP contribution in [0.25, 0.3) is 0 Å². The second-order valence-electron chi connectivity index (χ2n) is 5.66. The molecule has 1 aliphatic rings. The van der Waals surface area contributed by atoms with Crippen molar-refractivity contribution in [2.75, 3.05) is 0 Å². The number of hydrogen-bond acceptors (Lipinski definition) is 2. The molecular weight excluding hydrogens is 252 g/mol. The van der Waals surface area contributed by atoms with Gasteiger partial charge in [0.2, 0.25) is 0 Å². The molecule has 3 heteroatoms. The molecule has 1 saturated carbocycles. The Morgan fingerprint density at radius 1 is 1.25 bits per heavy atom. The molecule has 3 nitrogen and oxygen atoms in total. The van der Waals surface area contributed by atoms with E-state index in [1.54, 1.807) is 0 Å². The van der Waals surface area contributed by atoms with E-state index in [-0.39, 0.29) is 11.7 Å². The highest BCUT2D eigenvalue weighted by Gasteiger charge is 2.52. The van der Waals surface area contributed by atoms with E-state index in [1.165, 1.54) is 0 Å². The number of Topliss-reactive ketones (excluding diaryl/α,β-unsaturated/α-hetero) is 1. The number of rotatable bonds is 5. The molecule has 0 spiro atoms. The molecule has 0 radical (unpaired) electrons. The van der Waals surface area contributed by atoms with Crippen LogP contribution in [0.15, 0.2) is 30.3 Å². The van der Waals surface area contributed by atoms with Crippen LogP contribution in [0.1, 0.15) is 56.9 Å². The summed E-state index contributed by atoms with van der Waals surface area (Å²) in [5.74, 6) is -1.22. The third-order valence-electron chi connectivity index (χ3n) is 4.47. The monoisotopic (exact) mass is 274 g/mol. The van der Waals surface area contributed by atoms with Gasteiger partial charge < -0.3 is 5.11 Å². The van der Waals surface area contributed by atoms with Gasteiger partial charge in [0.25, 0.3) is 0 Å². The number of ketones is 1. The van der Waals surface area contributed by atoms with E-state index in [0.717, 1.165) is 24.8 Å². The molecule has 20 heavy (non-hydrogen) atoms. The van der Waals surface area contributed by atoms with Gasteiger partial charge in [-0.1, -0.05) is 50.1 Å². The number of hydrogen-bond donors (Lipinski definition) is 1. The van der Waals surface area contributed by atoms with Gasteiger partial charge in [0.15, 0.2) is 5.78 Å². The zero-order valence-electron chi connectivity index (χ0n) is 12.0. The Balaban J connectivity index is 2.45. The van der Waals surface area contributed by atoms with Crippen molar-refractivity contribution >= 4 is 11.8 Å². The second kappa shape index (κ2) is 6.21. The molecule has 1 aromatic carbocycles. The molecular formula is C17H22O3. The number of carboxylic acids is 1. The predicted octanol–water partition coefficient (Wildman–Crippen LogP) is 3.78.